The van der Waals surface area contributed by atoms with Crippen LogP contribution in [0.4, 0.5) is 13.2 Å². The van der Waals surface area contributed by atoms with Crippen molar-refractivity contribution in [2.45, 2.75) is 19.0 Å². The van der Waals surface area contributed by atoms with Gasteiger partial charge in [0.1, 0.15) is 11.9 Å². The van der Waals surface area contributed by atoms with Crippen molar-refractivity contribution in [1.82, 2.24) is 5.32 Å². The standard InChI is InChI=1S/C21H19F3N2OS/c1-13(15-6-9-17(23)18(24)11-15)25-12-20(27)26-21(19-3-2-10-28-19)14-4-7-16(22)8-5-14/h2-11,13,21,25H,12H2,1H3,(H,26,27)/p+1/t13-,21+/m0/s1. The second kappa shape index (κ2) is 9.03. The number of rotatable bonds is 7. The molecule has 1 heterocycles. The summed E-state index contributed by atoms with van der Waals surface area (Å²) in [6.45, 7) is 1.93. The van der Waals surface area contributed by atoms with Crippen LogP contribution in [0.25, 0.3) is 0 Å². The molecule has 3 nitrogen and oxygen atoms in total. The van der Waals surface area contributed by atoms with Crippen LogP contribution < -0.4 is 10.6 Å². The lowest BCUT2D eigenvalue weighted by molar-refractivity contribution is -0.682. The van der Waals surface area contributed by atoms with Crippen LogP contribution in [-0.4, -0.2) is 12.5 Å². The number of quaternary nitrogens is 1. The van der Waals surface area contributed by atoms with Gasteiger partial charge < -0.3 is 10.6 Å². The van der Waals surface area contributed by atoms with E-state index in [0.29, 0.717) is 5.56 Å². The van der Waals surface area contributed by atoms with E-state index in [9.17, 15) is 18.0 Å². The molecule has 2 aromatic carbocycles. The van der Waals surface area contributed by atoms with Crippen molar-refractivity contribution in [1.29, 1.82) is 0 Å². The summed E-state index contributed by atoms with van der Waals surface area (Å²) in [7, 11) is 0. The lowest BCUT2D eigenvalue weighted by Gasteiger charge is -2.18. The summed E-state index contributed by atoms with van der Waals surface area (Å²) in [6, 6.07) is 12.9. The number of thiophene rings is 1. The molecule has 146 valence electrons. The number of carbonyl (C=O) groups excluding carboxylic acids is 1. The smallest absolute Gasteiger partial charge is 0.275 e. The monoisotopic (exact) mass is 405 g/mol. The second-order valence-electron chi connectivity index (χ2n) is 6.47. The van der Waals surface area contributed by atoms with Gasteiger partial charge in [0, 0.05) is 10.4 Å². The zero-order chi connectivity index (χ0) is 20.1. The van der Waals surface area contributed by atoms with Gasteiger partial charge in [-0.3, -0.25) is 4.79 Å². The first-order valence-electron chi connectivity index (χ1n) is 8.80. The molecule has 28 heavy (non-hydrogen) atoms. The second-order valence-corrected chi connectivity index (χ2v) is 7.45. The summed E-state index contributed by atoms with van der Waals surface area (Å²) in [5, 5.41) is 6.63. The number of hydrogen-bond acceptors (Lipinski definition) is 2. The van der Waals surface area contributed by atoms with Crippen LogP contribution in [0.5, 0.6) is 0 Å². The minimum atomic E-state index is -0.906. The fourth-order valence-electron chi connectivity index (χ4n) is 2.86. The number of halogens is 3. The van der Waals surface area contributed by atoms with Crippen LogP contribution in [0.1, 0.15) is 35.0 Å². The molecule has 1 aromatic heterocycles. The maximum Gasteiger partial charge on any atom is 0.275 e. The topological polar surface area (TPSA) is 45.7 Å². The molecule has 0 aliphatic carbocycles. The van der Waals surface area contributed by atoms with Crippen molar-refractivity contribution < 1.29 is 23.3 Å². The van der Waals surface area contributed by atoms with Gasteiger partial charge in [0.2, 0.25) is 0 Å². The van der Waals surface area contributed by atoms with Crippen molar-refractivity contribution in [3.05, 3.63) is 93.4 Å². The first-order chi connectivity index (χ1) is 13.4. The van der Waals surface area contributed by atoms with Crippen molar-refractivity contribution in [3.63, 3.8) is 0 Å². The minimum absolute atomic E-state index is 0.114. The average molecular weight is 405 g/mol. The third kappa shape index (κ3) is 4.99. The molecule has 0 unspecified atom stereocenters. The van der Waals surface area contributed by atoms with E-state index in [1.54, 1.807) is 17.4 Å². The molecule has 0 fully saturated rings. The molecule has 0 aliphatic rings. The van der Waals surface area contributed by atoms with Crippen molar-refractivity contribution in [2.75, 3.05) is 6.54 Å². The quantitative estimate of drug-likeness (QED) is 0.619. The largest absolute Gasteiger partial charge is 0.339 e. The lowest BCUT2D eigenvalue weighted by Crippen LogP contribution is -2.87. The normalized spacial score (nSPS) is 13.1. The molecule has 0 aliphatic heterocycles. The van der Waals surface area contributed by atoms with Crippen molar-refractivity contribution in [3.8, 4) is 0 Å². The molecular weight excluding hydrogens is 385 g/mol. The molecule has 0 radical (unpaired) electrons. The van der Waals surface area contributed by atoms with Gasteiger partial charge in [0.15, 0.2) is 18.2 Å². The Bertz CT molecular complexity index is 929. The molecule has 0 bridgehead atoms. The Balaban J connectivity index is 1.65. The summed E-state index contributed by atoms with van der Waals surface area (Å²) in [4.78, 5) is 13.4. The van der Waals surface area contributed by atoms with Gasteiger partial charge >= 0.3 is 0 Å². The zero-order valence-electron chi connectivity index (χ0n) is 15.2. The fraction of sp³-hybridized carbons (Fsp3) is 0.190. The Labute approximate surface area is 165 Å². The van der Waals surface area contributed by atoms with E-state index < -0.39 is 11.6 Å². The van der Waals surface area contributed by atoms with E-state index >= 15 is 0 Å². The minimum Gasteiger partial charge on any atom is -0.339 e. The van der Waals surface area contributed by atoms with E-state index in [2.05, 4.69) is 5.32 Å². The lowest BCUT2D eigenvalue weighted by atomic mass is 10.1. The Morgan fingerprint density at radius 1 is 1.04 bits per heavy atom. The maximum atomic E-state index is 13.4. The van der Waals surface area contributed by atoms with Gasteiger partial charge in [0.25, 0.3) is 5.91 Å². The molecule has 7 heteroatoms. The van der Waals surface area contributed by atoms with Crippen LogP contribution in [0.3, 0.4) is 0 Å². The number of amides is 1. The van der Waals surface area contributed by atoms with E-state index in [0.717, 1.165) is 22.6 Å². The zero-order valence-corrected chi connectivity index (χ0v) is 16.0. The van der Waals surface area contributed by atoms with E-state index in [-0.39, 0.29) is 30.4 Å². The molecule has 3 rings (SSSR count). The molecule has 0 spiro atoms. The highest BCUT2D eigenvalue weighted by molar-refractivity contribution is 7.10. The SMILES string of the molecule is C[C@H]([NH2+]CC(=O)N[C@H](c1ccc(F)cc1)c1cccs1)c1ccc(F)c(F)c1. The Morgan fingerprint density at radius 2 is 1.75 bits per heavy atom. The molecule has 0 saturated carbocycles. The predicted octanol–water partition coefficient (Wildman–Crippen LogP) is 3.70. The number of hydrogen-bond donors (Lipinski definition) is 2. The van der Waals surface area contributed by atoms with Gasteiger partial charge in [0.05, 0.1) is 6.04 Å². The van der Waals surface area contributed by atoms with Gasteiger partial charge in [-0.2, -0.15) is 0 Å². The van der Waals surface area contributed by atoms with E-state index in [1.165, 1.54) is 29.5 Å². The maximum absolute atomic E-state index is 13.4. The van der Waals surface area contributed by atoms with Crippen LogP contribution in [-0.2, 0) is 4.79 Å². The van der Waals surface area contributed by atoms with Crippen molar-refractivity contribution in [2.24, 2.45) is 0 Å². The molecule has 1 amide bonds. The molecule has 3 N–H and O–H groups in total. The van der Waals surface area contributed by atoms with E-state index in [1.807, 2.05) is 24.4 Å². The molecular formula is C21H20F3N2OS+. The first-order valence-corrected chi connectivity index (χ1v) is 9.68. The van der Waals surface area contributed by atoms with Crippen LogP contribution in [0, 0.1) is 17.5 Å². The Hall–Kier alpha value is -2.64. The third-order valence-corrected chi connectivity index (χ3v) is 5.40. The predicted molar refractivity (Wildman–Crippen MR) is 102 cm³/mol. The molecule has 3 aromatic rings. The third-order valence-electron chi connectivity index (χ3n) is 4.46. The van der Waals surface area contributed by atoms with Crippen molar-refractivity contribution >= 4 is 17.2 Å². The molecule has 0 saturated heterocycles. The summed E-state index contributed by atoms with van der Waals surface area (Å²) in [5.41, 5.74) is 1.38. The highest BCUT2D eigenvalue weighted by Crippen LogP contribution is 2.26. The summed E-state index contributed by atoms with van der Waals surface area (Å²) in [6.07, 6.45) is 0. The van der Waals surface area contributed by atoms with Crippen LogP contribution >= 0.6 is 11.3 Å². The number of carbonyl (C=O) groups is 1. The Morgan fingerprint density at radius 3 is 2.39 bits per heavy atom. The van der Waals surface area contributed by atoms with Gasteiger partial charge in [-0.25, -0.2) is 13.2 Å². The van der Waals surface area contributed by atoms with Gasteiger partial charge in [-0.1, -0.05) is 18.2 Å². The van der Waals surface area contributed by atoms with Crippen LogP contribution in [0.15, 0.2) is 60.0 Å². The summed E-state index contributed by atoms with van der Waals surface area (Å²) in [5.74, 6) is -2.35. The fourth-order valence-corrected chi connectivity index (χ4v) is 3.67. The summed E-state index contributed by atoms with van der Waals surface area (Å²) >= 11 is 1.50. The first kappa shape index (κ1) is 20.1. The highest BCUT2D eigenvalue weighted by Gasteiger charge is 2.20. The summed E-state index contributed by atoms with van der Waals surface area (Å²) < 4.78 is 39.7. The molecule has 2 atom stereocenters. The highest BCUT2D eigenvalue weighted by atomic mass is 32.1. The number of nitrogens with two attached hydrogens (primary N) is 1. The van der Waals surface area contributed by atoms with Gasteiger partial charge in [-0.15, -0.1) is 11.3 Å². The Kier molecular flexibility index (Phi) is 6.49. The number of nitrogens with one attached hydrogen (secondary N) is 1. The number of benzene rings is 2. The van der Waals surface area contributed by atoms with E-state index in [4.69, 9.17) is 0 Å². The van der Waals surface area contributed by atoms with Crippen LogP contribution in [0.2, 0.25) is 0 Å². The average Bonchev–Trinajstić information content (AvgIpc) is 3.21. The van der Waals surface area contributed by atoms with Gasteiger partial charge in [-0.05, 0) is 54.3 Å².